The number of halogens is 1. The van der Waals surface area contributed by atoms with E-state index < -0.39 is 0 Å². The van der Waals surface area contributed by atoms with Crippen molar-refractivity contribution in [2.24, 2.45) is 10.7 Å². The van der Waals surface area contributed by atoms with E-state index in [0.717, 1.165) is 11.3 Å². The Morgan fingerprint density at radius 2 is 2.06 bits per heavy atom. The minimum atomic E-state index is 0.0403. The van der Waals surface area contributed by atoms with Gasteiger partial charge in [-0.25, -0.2) is 4.99 Å². The fourth-order valence-corrected chi connectivity index (χ4v) is 1.38. The number of hydrogen-bond donors (Lipinski definition) is 2. The van der Waals surface area contributed by atoms with E-state index in [2.05, 4.69) is 10.3 Å². The number of hydrogen-bond acceptors (Lipinski definition) is 2. The van der Waals surface area contributed by atoms with Gasteiger partial charge in [-0.2, -0.15) is 0 Å². The highest BCUT2D eigenvalue weighted by Gasteiger charge is 1.99. The van der Waals surface area contributed by atoms with Crippen molar-refractivity contribution in [3.63, 3.8) is 0 Å². The van der Waals surface area contributed by atoms with Crippen LogP contribution in [0.4, 0.5) is 5.69 Å². The van der Waals surface area contributed by atoms with Gasteiger partial charge in [0.2, 0.25) is 5.91 Å². The second kappa shape index (κ2) is 6.91. The second-order valence-electron chi connectivity index (χ2n) is 3.58. The van der Waals surface area contributed by atoms with E-state index in [-0.39, 0.29) is 11.8 Å². The first-order valence-electron chi connectivity index (χ1n) is 5.34. The topological polar surface area (TPSA) is 67.5 Å². The third-order valence-electron chi connectivity index (χ3n) is 2.27. The SMILES string of the molecule is CNC(=O)CCc1ccc(N=C(N)CCl)cc1. The molecule has 1 aromatic carbocycles. The van der Waals surface area contributed by atoms with E-state index in [1.807, 2.05) is 24.3 Å². The molecule has 1 amide bonds. The van der Waals surface area contributed by atoms with E-state index >= 15 is 0 Å². The van der Waals surface area contributed by atoms with Crippen LogP contribution >= 0.6 is 11.6 Å². The van der Waals surface area contributed by atoms with Gasteiger partial charge in [0.25, 0.3) is 0 Å². The number of nitrogens with two attached hydrogens (primary N) is 1. The Bertz CT molecular complexity index is 401. The molecule has 0 unspecified atom stereocenters. The zero-order chi connectivity index (χ0) is 12.7. The molecule has 0 bridgehead atoms. The molecule has 0 saturated carbocycles. The van der Waals surface area contributed by atoms with Gasteiger partial charge in [0.15, 0.2) is 0 Å². The summed E-state index contributed by atoms with van der Waals surface area (Å²) in [6, 6.07) is 7.59. The van der Waals surface area contributed by atoms with E-state index in [9.17, 15) is 4.79 Å². The Labute approximate surface area is 106 Å². The van der Waals surface area contributed by atoms with E-state index in [1.54, 1.807) is 7.05 Å². The maximum absolute atomic E-state index is 11.1. The van der Waals surface area contributed by atoms with E-state index in [0.29, 0.717) is 18.7 Å². The quantitative estimate of drug-likeness (QED) is 0.475. The van der Waals surface area contributed by atoms with Gasteiger partial charge < -0.3 is 11.1 Å². The van der Waals surface area contributed by atoms with Crippen LogP contribution in [0.5, 0.6) is 0 Å². The summed E-state index contributed by atoms with van der Waals surface area (Å²) < 4.78 is 0. The number of amidine groups is 1. The van der Waals surface area contributed by atoms with Crippen molar-refractivity contribution in [1.82, 2.24) is 5.32 Å². The lowest BCUT2D eigenvalue weighted by atomic mass is 10.1. The molecule has 0 aliphatic rings. The lowest BCUT2D eigenvalue weighted by molar-refractivity contribution is -0.120. The third kappa shape index (κ3) is 4.87. The molecule has 0 spiro atoms. The lowest BCUT2D eigenvalue weighted by Crippen LogP contribution is -2.17. The van der Waals surface area contributed by atoms with Crippen LogP contribution in [0.25, 0.3) is 0 Å². The second-order valence-corrected chi connectivity index (χ2v) is 3.84. The van der Waals surface area contributed by atoms with Crippen molar-refractivity contribution in [3.8, 4) is 0 Å². The summed E-state index contributed by atoms with van der Waals surface area (Å²) in [5.74, 6) is 0.654. The summed E-state index contributed by atoms with van der Waals surface area (Å²) >= 11 is 5.53. The molecule has 92 valence electrons. The fourth-order valence-electron chi connectivity index (χ4n) is 1.32. The minimum Gasteiger partial charge on any atom is -0.386 e. The zero-order valence-corrected chi connectivity index (χ0v) is 10.5. The maximum Gasteiger partial charge on any atom is 0.220 e. The summed E-state index contributed by atoms with van der Waals surface area (Å²) in [5.41, 5.74) is 7.39. The molecule has 0 saturated heterocycles. The summed E-state index contributed by atoms with van der Waals surface area (Å²) in [6.45, 7) is 0. The Hall–Kier alpha value is -1.55. The molecular formula is C12H16ClN3O. The first-order valence-corrected chi connectivity index (χ1v) is 5.87. The Morgan fingerprint density at radius 1 is 1.41 bits per heavy atom. The molecule has 0 atom stereocenters. The normalized spacial score (nSPS) is 11.3. The van der Waals surface area contributed by atoms with Crippen LogP contribution in [0.2, 0.25) is 0 Å². The van der Waals surface area contributed by atoms with Gasteiger partial charge in [0.1, 0.15) is 5.84 Å². The summed E-state index contributed by atoms with van der Waals surface area (Å²) in [4.78, 5) is 15.2. The third-order valence-corrected chi connectivity index (χ3v) is 2.54. The number of carbonyl (C=O) groups excluding carboxylic acids is 1. The van der Waals surface area contributed by atoms with Crippen LogP contribution in [-0.2, 0) is 11.2 Å². The molecule has 1 rings (SSSR count). The van der Waals surface area contributed by atoms with E-state index in [4.69, 9.17) is 17.3 Å². The highest BCUT2D eigenvalue weighted by Crippen LogP contribution is 2.14. The summed E-state index contributed by atoms with van der Waals surface area (Å²) in [7, 11) is 1.63. The van der Waals surface area contributed by atoms with Crippen molar-refractivity contribution < 1.29 is 4.79 Å². The number of carbonyl (C=O) groups is 1. The van der Waals surface area contributed by atoms with Crippen molar-refractivity contribution in [2.75, 3.05) is 12.9 Å². The highest BCUT2D eigenvalue weighted by molar-refractivity contribution is 6.28. The molecule has 5 heteroatoms. The smallest absolute Gasteiger partial charge is 0.220 e. The predicted molar refractivity (Wildman–Crippen MR) is 70.8 cm³/mol. The number of aryl methyl sites for hydroxylation is 1. The number of rotatable bonds is 5. The van der Waals surface area contributed by atoms with Gasteiger partial charge >= 0.3 is 0 Å². The molecule has 0 aliphatic carbocycles. The fraction of sp³-hybridized carbons (Fsp3) is 0.333. The number of benzene rings is 1. The van der Waals surface area contributed by atoms with Crippen molar-refractivity contribution in [1.29, 1.82) is 0 Å². The number of amides is 1. The highest BCUT2D eigenvalue weighted by atomic mass is 35.5. The number of alkyl halides is 1. The maximum atomic E-state index is 11.1. The van der Waals surface area contributed by atoms with Crippen molar-refractivity contribution in [2.45, 2.75) is 12.8 Å². The van der Waals surface area contributed by atoms with Gasteiger partial charge in [0, 0.05) is 13.5 Å². The van der Waals surface area contributed by atoms with Crippen molar-refractivity contribution in [3.05, 3.63) is 29.8 Å². The van der Waals surface area contributed by atoms with Crippen LogP contribution in [0.1, 0.15) is 12.0 Å². The predicted octanol–water partition coefficient (Wildman–Crippen LogP) is 1.59. The van der Waals surface area contributed by atoms with E-state index in [1.165, 1.54) is 0 Å². The molecule has 4 nitrogen and oxygen atoms in total. The molecule has 0 aromatic heterocycles. The number of aliphatic imine (C=N–C) groups is 1. The van der Waals surface area contributed by atoms with Gasteiger partial charge in [-0.3, -0.25) is 4.79 Å². The molecule has 0 heterocycles. The number of nitrogens with zero attached hydrogens (tertiary/aromatic N) is 1. The first kappa shape index (κ1) is 13.5. The first-order chi connectivity index (χ1) is 8.15. The largest absolute Gasteiger partial charge is 0.386 e. The average Bonchev–Trinajstić information content (AvgIpc) is 2.37. The van der Waals surface area contributed by atoms with Crippen LogP contribution in [0, 0.1) is 0 Å². The average molecular weight is 254 g/mol. The van der Waals surface area contributed by atoms with Crippen molar-refractivity contribution >= 4 is 29.0 Å². The standard InChI is InChI=1S/C12H16ClN3O/c1-15-12(17)7-4-9-2-5-10(6-3-9)16-11(14)8-13/h2-3,5-6H,4,7-8H2,1H3,(H2,14,16)(H,15,17). The Kier molecular flexibility index (Phi) is 5.49. The summed E-state index contributed by atoms with van der Waals surface area (Å²) in [5, 5.41) is 2.59. The molecule has 0 aliphatic heterocycles. The number of nitrogens with one attached hydrogen (secondary N) is 1. The van der Waals surface area contributed by atoms with Gasteiger partial charge in [-0.15, -0.1) is 11.6 Å². The molecular weight excluding hydrogens is 238 g/mol. The molecule has 3 N–H and O–H groups in total. The summed E-state index contributed by atoms with van der Waals surface area (Å²) in [6.07, 6.45) is 1.21. The zero-order valence-electron chi connectivity index (χ0n) is 9.74. The molecule has 0 radical (unpaired) electrons. The van der Waals surface area contributed by atoms with Crippen LogP contribution in [0.3, 0.4) is 0 Å². The van der Waals surface area contributed by atoms with Crippen LogP contribution in [0.15, 0.2) is 29.3 Å². The minimum absolute atomic E-state index is 0.0403. The molecule has 0 fully saturated rings. The Morgan fingerprint density at radius 3 is 2.59 bits per heavy atom. The van der Waals surface area contributed by atoms with Gasteiger partial charge in [-0.05, 0) is 24.1 Å². The van der Waals surface area contributed by atoms with Gasteiger partial charge in [0.05, 0.1) is 11.6 Å². The monoisotopic (exact) mass is 253 g/mol. The Balaban J connectivity index is 2.59. The van der Waals surface area contributed by atoms with Crippen LogP contribution in [-0.4, -0.2) is 24.7 Å². The molecule has 17 heavy (non-hydrogen) atoms. The van der Waals surface area contributed by atoms with Gasteiger partial charge in [-0.1, -0.05) is 12.1 Å². The van der Waals surface area contributed by atoms with Crippen LogP contribution < -0.4 is 11.1 Å². The molecule has 1 aromatic rings. The lowest BCUT2D eigenvalue weighted by Gasteiger charge is -2.02.